The maximum atomic E-state index is 5.71. The molecule has 0 aliphatic heterocycles. The van der Waals surface area contributed by atoms with Crippen LogP contribution in [0.25, 0.3) is 0 Å². The number of aromatic nitrogens is 3. The highest BCUT2D eigenvalue weighted by molar-refractivity contribution is 5.46. The zero-order chi connectivity index (χ0) is 11.4. The fraction of sp³-hybridized carbons (Fsp3) is 0.182. The first kappa shape index (κ1) is 10.4. The summed E-state index contributed by atoms with van der Waals surface area (Å²) in [4.78, 5) is 12.2. The molecule has 0 fully saturated rings. The van der Waals surface area contributed by atoms with Crippen molar-refractivity contribution in [3.8, 4) is 5.75 Å². The summed E-state index contributed by atoms with van der Waals surface area (Å²) < 4.78 is 5.47. The summed E-state index contributed by atoms with van der Waals surface area (Å²) >= 11 is 0. The minimum Gasteiger partial charge on any atom is -0.482 e. The summed E-state index contributed by atoms with van der Waals surface area (Å²) in [7, 11) is 0. The van der Waals surface area contributed by atoms with Gasteiger partial charge in [0.05, 0.1) is 0 Å². The Morgan fingerprint density at radius 1 is 1.25 bits per heavy atom. The SMILES string of the molecule is Cc1ccc(OCc2ncccn2)c(N)n1. The molecule has 0 aliphatic carbocycles. The maximum absolute atomic E-state index is 5.71. The summed E-state index contributed by atoms with van der Waals surface area (Å²) in [6, 6.07) is 5.39. The molecule has 0 spiro atoms. The van der Waals surface area contributed by atoms with Crippen molar-refractivity contribution in [3.63, 3.8) is 0 Å². The van der Waals surface area contributed by atoms with Crippen molar-refractivity contribution >= 4 is 5.82 Å². The molecular weight excluding hydrogens is 204 g/mol. The van der Waals surface area contributed by atoms with Gasteiger partial charge in [0.1, 0.15) is 6.61 Å². The molecule has 0 unspecified atom stereocenters. The molecular formula is C11H12N4O. The lowest BCUT2D eigenvalue weighted by Gasteiger charge is -2.07. The lowest BCUT2D eigenvalue weighted by molar-refractivity contribution is 0.296. The summed E-state index contributed by atoms with van der Waals surface area (Å²) in [5.41, 5.74) is 6.57. The monoisotopic (exact) mass is 216 g/mol. The summed E-state index contributed by atoms with van der Waals surface area (Å²) in [5.74, 6) is 1.55. The molecule has 5 heteroatoms. The topological polar surface area (TPSA) is 73.9 Å². The van der Waals surface area contributed by atoms with Crippen LogP contribution in [0.15, 0.2) is 30.6 Å². The second kappa shape index (κ2) is 4.57. The number of ether oxygens (including phenoxy) is 1. The van der Waals surface area contributed by atoms with Gasteiger partial charge in [0.25, 0.3) is 0 Å². The number of aryl methyl sites for hydroxylation is 1. The van der Waals surface area contributed by atoms with E-state index in [0.29, 0.717) is 17.4 Å². The first-order valence-corrected chi connectivity index (χ1v) is 4.87. The van der Waals surface area contributed by atoms with E-state index < -0.39 is 0 Å². The van der Waals surface area contributed by atoms with E-state index in [1.807, 2.05) is 13.0 Å². The highest BCUT2D eigenvalue weighted by Gasteiger charge is 2.03. The molecule has 0 amide bonds. The van der Waals surface area contributed by atoms with Gasteiger partial charge in [0.15, 0.2) is 17.4 Å². The Balaban J connectivity index is 2.05. The number of hydrogen-bond donors (Lipinski definition) is 1. The van der Waals surface area contributed by atoms with Crippen molar-refractivity contribution in [1.29, 1.82) is 0 Å². The predicted molar refractivity (Wildman–Crippen MR) is 59.8 cm³/mol. The van der Waals surface area contributed by atoms with Crippen molar-refractivity contribution in [2.45, 2.75) is 13.5 Å². The number of rotatable bonds is 3. The average molecular weight is 216 g/mol. The van der Waals surface area contributed by atoms with Crippen LogP contribution in [0, 0.1) is 6.92 Å². The van der Waals surface area contributed by atoms with E-state index in [-0.39, 0.29) is 6.61 Å². The molecule has 2 aromatic rings. The molecule has 2 N–H and O–H groups in total. The molecule has 0 saturated carbocycles. The predicted octanol–water partition coefficient (Wildman–Crippen LogP) is 1.34. The van der Waals surface area contributed by atoms with Gasteiger partial charge in [-0.25, -0.2) is 15.0 Å². The smallest absolute Gasteiger partial charge is 0.166 e. The van der Waals surface area contributed by atoms with E-state index in [1.165, 1.54) is 0 Å². The molecule has 0 saturated heterocycles. The van der Waals surface area contributed by atoms with Crippen molar-refractivity contribution in [2.75, 3.05) is 5.73 Å². The van der Waals surface area contributed by atoms with Gasteiger partial charge in [-0.05, 0) is 25.1 Å². The summed E-state index contributed by atoms with van der Waals surface area (Å²) in [6.45, 7) is 2.16. The Morgan fingerprint density at radius 3 is 2.69 bits per heavy atom. The Kier molecular flexibility index (Phi) is 2.95. The number of pyridine rings is 1. The Labute approximate surface area is 93.3 Å². The Hall–Kier alpha value is -2.17. The molecule has 0 bridgehead atoms. The second-order valence-corrected chi connectivity index (χ2v) is 3.29. The minimum atomic E-state index is 0.287. The van der Waals surface area contributed by atoms with Gasteiger partial charge >= 0.3 is 0 Å². The van der Waals surface area contributed by atoms with Crippen molar-refractivity contribution in [2.24, 2.45) is 0 Å². The van der Waals surface area contributed by atoms with Gasteiger partial charge in [-0.15, -0.1) is 0 Å². The van der Waals surface area contributed by atoms with Gasteiger partial charge < -0.3 is 10.5 Å². The molecule has 0 radical (unpaired) electrons. The third-order valence-electron chi connectivity index (χ3n) is 2.00. The second-order valence-electron chi connectivity index (χ2n) is 3.29. The lowest BCUT2D eigenvalue weighted by Crippen LogP contribution is -2.03. The van der Waals surface area contributed by atoms with E-state index in [1.54, 1.807) is 24.5 Å². The lowest BCUT2D eigenvalue weighted by atomic mass is 10.3. The van der Waals surface area contributed by atoms with Crippen LogP contribution in [-0.2, 0) is 6.61 Å². The molecule has 2 heterocycles. The van der Waals surface area contributed by atoms with Gasteiger partial charge in [0.2, 0.25) is 0 Å². The maximum Gasteiger partial charge on any atom is 0.166 e. The fourth-order valence-corrected chi connectivity index (χ4v) is 1.23. The van der Waals surface area contributed by atoms with Gasteiger partial charge in [-0.2, -0.15) is 0 Å². The normalized spacial score (nSPS) is 10.1. The van der Waals surface area contributed by atoms with E-state index in [0.717, 1.165) is 5.69 Å². The average Bonchev–Trinajstić information content (AvgIpc) is 2.29. The number of nitrogen functional groups attached to an aromatic ring is 1. The Bertz CT molecular complexity index is 473. The minimum absolute atomic E-state index is 0.287. The molecule has 0 atom stereocenters. The first-order valence-electron chi connectivity index (χ1n) is 4.87. The fourth-order valence-electron chi connectivity index (χ4n) is 1.23. The number of hydrogen-bond acceptors (Lipinski definition) is 5. The van der Waals surface area contributed by atoms with Crippen molar-refractivity contribution < 1.29 is 4.74 Å². The van der Waals surface area contributed by atoms with E-state index in [4.69, 9.17) is 10.5 Å². The van der Waals surface area contributed by atoms with Crippen LogP contribution in [0.3, 0.4) is 0 Å². The molecule has 5 nitrogen and oxygen atoms in total. The highest BCUT2D eigenvalue weighted by atomic mass is 16.5. The van der Waals surface area contributed by atoms with Crippen LogP contribution in [-0.4, -0.2) is 15.0 Å². The third kappa shape index (κ3) is 2.44. The van der Waals surface area contributed by atoms with Gasteiger partial charge in [0, 0.05) is 18.1 Å². The number of nitrogens with zero attached hydrogens (tertiary/aromatic N) is 3. The molecule has 16 heavy (non-hydrogen) atoms. The quantitative estimate of drug-likeness (QED) is 0.838. The third-order valence-corrected chi connectivity index (χ3v) is 2.00. The van der Waals surface area contributed by atoms with Gasteiger partial charge in [-0.3, -0.25) is 0 Å². The van der Waals surface area contributed by atoms with Crippen LogP contribution in [0.5, 0.6) is 5.75 Å². The zero-order valence-electron chi connectivity index (χ0n) is 8.92. The van der Waals surface area contributed by atoms with E-state index >= 15 is 0 Å². The molecule has 82 valence electrons. The summed E-state index contributed by atoms with van der Waals surface area (Å²) in [5, 5.41) is 0. The van der Waals surface area contributed by atoms with Crippen LogP contribution in [0.1, 0.15) is 11.5 Å². The number of nitrogens with two attached hydrogens (primary N) is 1. The van der Waals surface area contributed by atoms with E-state index in [9.17, 15) is 0 Å². The standard InChI is InChI=1S/C11H12N4O/c1-8-3-4-9(11(12)15-8)16-7-10-13-5-2-6-14-10/h2-6H,7H2,1H3,(H2,12,15). The molecule has 2 rings (SSSR count). The molecule has 0 aliphatic rings. The van der Waals surface area contributed by atoms with Crippen LogP contribution in [0.2, 0.25) is 0 Å². The first-order chi connectivity index (χ1) is 7.75. The molecule has 0 aromatic carbocycles. The van der Waals surface area contributed by atoms with Crippen LogP contribution < -0.4 is 10.5 Å². The van der Waals surface area contributed by atoms with Crippen LogP contribution in [0.4, 0.5) is 5.82 Å². The van der Waals surface area contributed by atoms with Crippen molar-refractivity contribution in [3.05, 3.63) is 42.1 Å². The van der Waals surface area contributed by atoms with Gasteiger partial charge in [-0.1, -0.05) is 0 Å². The zero-order valence-corrected chi connectivity index (χ0v) is 8.92. The van der Waals surface area contributed by atoms with Crippen molar-refractivity contribution in [1.82, 2.24) is 15.0 Å². The van der Waals surface area contributed by atoms with E-state index in [2.05, 4.69) is 15.0 Å². The highest BCUT2D eigenvalue weighted by Crippen LogP contribution is 2.19. The van der Waals surface area contributed by atoms with Crippen LogP contribution >= 0.6 is 0 Å². The largest absolute Gasteiger partial charge is 0.482 e. The number of anilines is 1. The summed E-state index contributed by atoms with van der Waals surface area (Å²) in [6.07, 6.45) is 3.34. The molecule has 2 aromatic heterocycles. The Morgan fingerprint density at radius 2 is 2.00 bits per heavy atom.